The maximum atomic E-state index is 12.3. The molecule has 1 atom stereocenters. The molecule has 1 fully saturated rings. The maximum Gasteiger partial charge on any atom is 0.326 e. The fourth-order valence-corrected chi connectivity index (χ4v) is 2.72. The summed E-state index contributed by atoms with van der Waals surface area (Å²) in [6.45, 7) is 3.31. The van der Waals surface area contributed by atoms with Crippen molar-refractivity contribution in [2.24, 2.45) is 0 Å². The van der Waals surface area contributed by atoms with Crippen LogP contribution in [0.1, 0.15) is 37.0 Å². The van der Waals surface area contributed by atoms with E-state index in [0.717, 1.165) is 6.08 Å². The molecule has 0 aliphatic carbocycles. The van der Waals surface area contributed by atoms with Crippen molar-refractivity contribution in [2.45, 2.75) is 32.7 Å². The average Bonchev–Trinajstić information content (AvgIpc) is 3.04. The minimum atomic E-state index is -1.03. The molecular weight excluding hydrogens is 324 g/mol. The van der Waals surface area contributed by atoms with E-state index in [2.05, 4.69) is 5.32 Å². The number of carboxylic acid groups (broad SMARTS) is 1. The fourth-order valence-electron chi connectivity index (χ4n) is 2.72. The molecule has 2 N–H and O–H groups in total. The molecule has 1 aromatic carbocycles. The Morgan fingerprint density at radius 2 is 1.80 bits per heavy atom. The smallest absolute Gasteiger partial charge is 0.326 e. The number of nitrogens with one attached hydrogen (secondary N) is 1. The number of hydrogen-bond donors (Lipinski definition) is 2. The Hall–Kier alpha value is -2.96. The van der Waals surface area contributed by atoms with E-state index >= 15 is 0 Å². The van der Waals surface area contributed by atoms with Gasteiger partial charge in [0.1, 0.15) is 6.04 Å². The van der Waals surface area contributed by atoms with Gasteiger partial charge in [0.2, 0.25) is 11.8 Å². The van der Waals surface area contributed by atoms with Gasteiger partial charge in [0.05, 0.1) is 0 Å². The average molecular weight is 344 g/mol. The third-order valence-corrected chi connectivity index (χ3v) is 4.04. The number of carboxylic acids is 1. The molecule has 2 rings (SSSR count). The van der Waals surface area contributed by atoms with Crippen molar-refractivity contribution in [3.63, 3.8) is 0 Å². The molecule has 25 heavy (non-hydrogen) atoms. The van der Waals surface area contributed by atoms with Gasteiger partial charge in [-0.3, -0.25) is 14.4 Å². The molecule has 0 spiro atoms. The molecule has 132 valence electrons. The van der Waals surface area contributed by atoms with Crippen LogP contribution in [0, 0.1) is 0 Å². The van der Waals surface area contributed by atoms with Crippen LogP contribution >= 0.6 is 0 Å². The van der Waals surface area contributed by atoms with Crippen LogP contribution in [0.4, 0.5) is 5.69 Å². The molecule has 0 aromatic heterocycles. The first-order chi connectivity index (χ1) is 11.8. The zero-order valence-corrected chi connectivity index (χ0v) is 14.1. The number of ketones is 1. The number of benzene rings is 1. The zero-order valence-electron chi connectivity index (χ0n) is 14.1. The first-order valence-electron chi connectivity index (χ1n) is 7.93. The second kappa shape index (κ2) is 7.74. The number of carbonyl (C=O) groups excluding carboxylic acids is 3. The zero-order chi connectivity index (χ0) is 18.6. The number of nitrogens with zero attached hydrogens (tertiary/aromatic N) is 1. The molecule has 1 unspecified atom stereocenters. The van der Waals surface area contributed by atoms with Gasteiger partial charge in [0.15, 0.2) is 5.78 Å². The lowest BCUT2D eigenvalue weighted by molar-refractivity contribution is -0.146. The van der Waals surface area contributed by atoms with Crippen molar-refractivity contribution >= 4 is 29.3 Å². The minimum Gasteiger partial charge on any atom is -0.480 e. The second-order valence-corrected chi connectivity index (χ2v) is 5.94. The van der Waals surface area contributed by atoms with Crippen LogP contribution in [0.15, 0.2) is 35.9 Å². The van der Waals surface area contributed by atoms with E-state index < -0.39 is 23.8 Å². The number of likely N-dealkylation sites (tertiary alicyclic amines) is 1. The summed E-state index contributed by atoms with van der Waals surface area (Å²) in [7, 11) is 0. The molecule has 0 saturated carbocycles. The van der Waals surface area contributed by atoms with Crippen molar-refractivity contribution in [1.29, 1.82) is 0 Å². The molecule has 7 heteroatoms. The number of anilines is 1. The topological polar surface area (TPSA) is 104 Å². The summed E-state index contributed by atoms with van der Waals surface area (Å²) in [5.41, 5.74) is 1.20. The van der Waals surface area contributed by atoms with Crippen molar-refractivity contribution in [2.75, 3.05) is 11.9 Å². The highest BCUT2D eigenvalue weighted by Crippen LogP contribution is 2.20. The summed E-state index contributed by atoms with van der Waals surface area (Å²) >= 11 is 0. The van der Waals surface area contributed by atoms with Crippen LogP contribution in [0.3, 0.4) is 0 Å². The highest BCUT2D eigenvalue weighted by atomic mass is 16.4. The Morgan fingerprint density at radius 3 is 2.36 bits per heavy atom. The summed E-state index contributed by atoms with van der Waals surface area (Å²) in [6.07, 6.45) is 2.20. The Balaban J connectivity index is 2.03. The van der Waals surface area contributed by atoms with Gasteiger partial charge in [-0.15, -0.1) is 0 Å². The van der Waals surface area contributed by atoms with Crippen molar-refractivity contribution in [3.8, 4) is 0 Å². The molecular formula is C18H20N2O5. The third kappa shape index (κ3) is 4.53. The number of rotatable bonds is 5. The highest BCUT2D eigenvalue weighted by molar-refractivity contribution is 6.06. The molecule has 7 nitrogen and oxygen atoms in total. The third-order valence-electron chi connectivity index (χ3n) is 4.04. The predicted octanol–water partition coefficient (Wildman–Crippen LogP) is 1.85. The first-order valence-corrected chi connectivity index (χ1v) is 7.93. The summed E-state index contributed by atoms with van der Waals surface area (Å²) in [6, 6.07) is 5.56. The molecule has 1 aliphatic rings. The molecule has 1 saturated heterocycles. The Kier molecular flexibility index (Phi) is 5.69. The van der Waals surface area contributed by atoms with E-state index in [9.17, 15) is 19.2 Å². The minimum absolute atomic E-state index is 0.0715. The maximum absolute atomic E-state index is 12.3. The predicted molar refractivity (Wildman–Crippen MR) is 91.2 cm³/mol. The number of hydrogen-bond acceptors (Lipinski definition) is 4. The fraction of sp³-hybridized carbons (Fsp3) is 0.333. The largest absolute Gasteiger partial charge is 0.480 e. The highest BCUT2D eigenvalue weighted by Gasteiger charge is 2.34. The number of Topliss-reactive ketones (excluding diaryl/α,β-unsaturated/α-hetero) is 1. The van der Waals surface area contributed by atoms with Gasteiger partial charge in [-0.1, -0.05) is 0 Å². The molecule has 1 heterocycles. The van der Waals surface area contributed by atoms with Gasteiger partial charge in [-0.2, -0.15) is 0 Å². The summed E-state index contributed by atoms with van der Waals surface area (Å²) in [5, 5.41) is 11.7. The van der Waals surface area contributed by atoms with Gasteiger partial charge in [0.25, 0.3) is 0 Å². The summed E-state index contributed by atoms with van der Waals surface area (Å²) in [5.74, 6) is -2.05. The van der Waals surface area contributed by atoms with Crippen molar-refractivity contribution in [3.05, 3.63) is 41.5 Å². The van der Waals surface area contributed by atoms with E-state index in [1.165, 1.54) is 18.7 Å². The quantitative estimate of drug-likeness (QED) is 0.627. The molecule has 2 amide bonds. The van der Waals surface area contributed by atoms with Crippen molar-refractivity contribution < 1.29 is 24.3 Å². The van der Waals surface area contributed by atoms with Crippen LogP contribution < -0.4 is 5.32 Å². The Labute approximate surface area is 145 Å². The number of amides is 2. The molecule has 0 radical (unpaired) electrons. The molecule has 0 bridgehead atoms. The van der Waals surface area contributed by atoms with E-state index in [4.69, 9.17) is 5.11 Å². The van der Waals surface area contributed by atoms with Gasteiger partial charge in [0, 0.05) is 29.4 Å². The monoisotopic (exact) mass is 344 g/mol. The normalized spacial score (nSPS) is 17.3. The second-order valence-electron chi connectivity index (χ2n) is 5.94. The van der Waals surface area contributed by atoms with Crippen LogP contribution in [0.25, 0.3) is 0 Å². The first kappa shape index (κ1) is 18.4. The van der Waals surface area contributed by atoms with Crippen LogP contribution in [-0.4, -0.2) is 46.2 Å². The summed E-state index contributed by atoms with van der Waals surface area (Å²) < 4.78 is 0. The lowest BCUT2D eigenvalue weighted by atomic mass is 10.1. The van der Waals surface area contributed by atoms with E-state index in [-0.39, 0.29) is 11.4 Å². The van der Waals surface area contributed by atoms with E-state index in [1.54, 1.807) is 24.3 Å². The Morgan fingerprint density at radius 1 is 1.16 bits per heavy atom. The van der Waals surface area contributed by atoms with Crippen LogP contribution in [-0.2, 0) is 14.4 Å². The lowest BCUT2D eigenvalue weighted by Crippen LogP contribution is -2.41. The van der Waals surface area contributed by atoms with Gasteiger partial charge >= 0.3 is 5.97 Å². The Bertz CT molecular complexity index is 736. The van der Waals surface area contributed by atoms with Gasteiger partial charge in [-0.25, -0.2) is 4.79 Å². The summed E-state index contributed by atoms with van der Waals surface area (Å²) in [4.78, 5) is 48.0. The number of carbonyl (C=O) groups is 4. The number of aliphatic carboxylic acids is 1. The van der Waals surface area contributed by atoms with Gasteiger partial charge in [-0.05, 0) is 51.0 Å². The molecule has 1 aliphatic heterocycles. The lowest BCUT2D eigenvalue weighted by Gasteiger charge is -2.21. The van der Waals surface area contributed by atoms with Crippen molar-refractivity contribution in [1.82, 2.24) is 4.90 Å². The van der Waals surface area contributed by atoms with Gasteiger partial charge < -0.3 is 15.3 Å². The van der Waals surface area contributed by atoms with E-state index in [1.807, 2.05) is 0 Å². The van der Waals surface area contributed by atoms with E-state index in [0.29, 0.717) is 30.6 Å². The van der Waals surface area contributed by atoms with Crippen LogP contribution in [0.5, 0.6) is 0 Å². The van der Waals surface area contributed by atoms with Crippen LogP contribution in [0.2, 0.25) is 0 Å². The molecule has 1 aromatic rings. The SMILES string of the molecule is CC(=O)c1ccc(NC(=O)/C=C(/C)C(=O)N2CCCC2C(=O)O)cc1. The standard InChI is InChI=1S/C18H20N2O5/c1-11(17(23)20-9-3-4-15(20)18(24)25)10-16(22)19-14-7-5-13(6-8-14)12(2)21/h5-8,10,15H,3-4,9H2,1-2H3,(H,19,22)(H,24,25)/b11-10-.